The van der Waals surface area contributed by atoms with Gasteiger partial charge in [-0.05, 0) is 6.92 Å². The van der Waals surface area contributed by atoms with Crippen LogP contribution in [0.1, 0.15) is 6.92 Å². The van der Waals surface area contributed by atoms with Crippen LogP contribution in [0.3, 0.4) is 0 Å². The van der Waals surface area contributed by atoms with Crippen LogP contribution in [-0.2, 0) is 0 Å². The van der Waals surface area contributed by atoms with Crippen molar-refractivity contribution in [3.05, 3.63) is 0 Å². The average Bonchev–Trinajstić information content (AvgIpc) is 1.88. The van der Waals surface area contributed by atoms with Crippen LogP contribution in [0.5, 0.6) is 0 Å². The summed E-state index contributed by atoms with van der Waals surface area (Å²) in [6.45, 7) is 4.74. The number of piperazine rings is 1. The number of guanidine groups is 1. The van der Waals surface area contributed by atoms with Gasteiger partial charge in [-0.2, -0.15) is 0 Å². The molecular formula is C6H15ClN4. The molecule has 1 aliphatic rings. The molecule has 1 rings (SSSR count). The van der Waals surface area contributed by atoms with Gasteiger partial charge in [0.1, 0.15) is 0 Å². The van der Waals surface area contributed by atoms with Gasteiger partial charge in [0.25, 0.3) is 0 Å². The maximum atomic E-state index is 7.15. The van der Waals surface area contributed by atoms with Crippen molar-refractivity contribution in [3.8, 4) is 0 Å². The van der Waals surface area contributed by atoms with Crippen molar-refractivity contribution >= 4 is 18.4 Å². The molecule has 1 unspecified atom stereocenters. The lowest BCUT2D eigenvalue weighted by Crippen LogP contribution is -2.53. The van der Waals surface area contributed by atoms with E-state index in [2.05, 4.69) is 12.2 Å². The molecule has 0 amide bonds. The zero-order chi connectivity index (χ0) is 7.56. The van der Waals surface area contributed by atoms with Gasteiger partial charge in [0.05, 0.1) is 0 Å². The van der Waals surface area contributed by atoms with E-state index in [-0.39, 0.29) is 18.4 Å². The first kappa shape index (κ1) is 10.5. The topological polar surface area (TPSA) is 65.1 Å². The number of nitrogens with two attached hydrogens (primary N) is 1. The summed E-state index contributed by atoms with van der Waals surface area (Å²) in [5, 5.41) is 10.4. The summed E-state index contributed by atoms with van der Waals surface area (Å²) in [5.74, 6) is 0.188. The lowest BCUT2D eigenvalue weighted by Gasteiger charge is -2.31. The number of nitrogens with zero attached hydrogens (tertiary/aromatic N) is 1. The Morgan fingerprint density at radius 1 is 1.73 bits per heavy atom. The number of hydrogen-bond acceptors (Lipinski definition) is 2. The summed E-state index contributed by atoms with van der Waals surface area (Å²) in [7, 11) is 0. The van der Waals surface area contributed by atoms with Gasteiger partial charge >= 0.3 is 0 Å². The molecule has 1 aliphatic heterocycles. The van der Waals surface area contributed by atoms with Gasteiger partial charge in [0.15, 0.2) is 5.96 Å². The highest BCUT2D eigenvalue weighted by Gasteiger charge is 2.15. The van der Waals surface area contributed by atoms with Crippen molar-refractivity contribution in [1.82, 2.24) is 10.2 Å². The molecule has 1 heterocycles. The van der Waals surface area contributed by atoms with E-state index in [1.807, 2.05) is 4.90 Å². The van der Waals surface area contributed by atoms with Crippen LogP contribution in [0, 0.1) is 5.41 Å². The molecule has 1 saturated heterocycles. The van der Waals surface area contributed by atoms with E-state index in [9.17, 15) is 0 Å². The summed E-state index contributed by atoms with van der Waals surface area (Å²) in [6.07, 6.45) is 0. The fourth-order valence-electron chi connectivity index (χ4n) is 1.15. The van der Waals surface area contributed by atoms with Gasteiger partial charge in [0, 0.05) is 25.7 Å². The standard InChI is InChI=1S/C6H14N4.ClH/c1-5-4-10(6(7)8)3-2-9-5;/h5,9H,2-4H2,1H3,(H3,7,8);1H. The first-order valence-corrected chi connectivity index (χ1v) is 3.52. The normalized spacial score (nSPS) is 24.1. The fraction of sp³-hybridized carbons (Fsp3) is 0.833. The van der Waals surface area contributed by atoms with Gasteiger partial charge in [-0.15, -0.1) is 12.4 Å². The molecule has 1 fully saturated rings. The third kappa shape index (κ3) is 2.95. The number of rotatable bonds is 0. The Bertz CT molecular complexity index is 139. The Balaban J connectivity index is 0.000001000. The summed E-state index contributed by atoms with van der Waals surface area (Å²) in [6, 6.07) is 0.456. The smallest absolute Gasteiger partial charge is 0.188 e. The molecule has 0 aliphatic carbocycles. The molecule has 0 aromatic heterocycles. The summed E-state index contributed by atoms with van der Waals surface area (Å²) < 4.78 is 0. The van der Waals surface area contributed by atoms with Crippen molar-refractivity contribution in [1.29, 1.82) is 5.41 Å². The summed E-state index contributed by atoms with van der Waals surface area (Å²) in [5.41, 5.74) is 5.31. The highest BCUT2D eigenvalue weighted by Crippen LogP contribution is 1.95. The number of hydrogen-bond donors (Lipinski definition) is 3. The third-order valence-corrected chi connectivity index (χ3v) is 1.71. The quantitative estimate of drug-likeness (QED) is 0.349. The van der Waals surface area contributed by atoms with Crippen LogP contribution in [0.4, 0.5) is 0 Å². The molecular weight excluding hydrogens is 164 g/mol. The molecule has 0 aromatic rings. The van der Waals surface area contributed by atoms with Gasteiger partial charge in [-0.1, -0.05) is 0 Å². The second kappa shape index (κ2) is 4.41. The monoisotopic (exact) mass is 178 g/mol. The van der Waals surface area contributed by atoms with Crippen molar-refractivity contribution in [2.45, 2.75) is 13.0 Å². The molecule has 5 heteroatoms. The third-order valence-electron chi connectivity index (χ3n) is 1.71. The van der Waals surface area contributed by atoms with E-state index < -0.39 is 0 Å². The molecule has 4 nitrogen and oxygen atoms in total. The molecule has 0 saturated carbocycles. The van der Waals surface area contributed by atoms with Crippen LogP contribution in [0.15, 0.2) is 0 Å². The minimum atomic E-state index is 0. The maximum Gasteiger partial charge on any atom is 0.188 e. The van der Waals surface area contributed by atoms with Gasteiger partial charge in [-0.25, -0.2) is 0 Å². The Hall–Kier alpha value is -0.480. The lowest BCUT2D eigenvalue weighted by molar-refractivity contribution is 0.299. The molecule has 0 radical (unpaired) electrons. The molecule has 4 N–H and O–H groups in total. The Morgan fingerprint density at radius 2 is 2.36 bits per heavy atom. The zero-order valence-corrected chi connectivity index (χ0v) is 7.45. The highest BCUT2D eigenvalue weighted by atomic mass is 35.5. The van der Waals surface area contributed by atoms with Crippen molar-refractivity contribution in [2.75, 3.05) is 19.6 Å². The molecule has 11 heavy (non-hydrogen) atoms. The van der Waals surface area contributed by atoms with Gasteiger partial charge in [-0.3, -0.25) is 5.41 Å². The van der Waals surface area contributed by atoms with Gasteiger partial charge in [0.2, 0.25) is 0 Å². The predicted molar refractivity (Wildman–Crippen MR) is 48.2 cm³/mol. The second-order valence-electron chi connectivity index (χ2n) is 2.69. The van der Waals surface area contributed by atoms with Crippen molar-refractivity contribution in [2.24, 2.45) is 5.73 Å². The number of nitrogens with one attached hydrogen (secondary N) is 2. The Morgan fingerprint density at radius 3 is 2.73 bits per heavy atom. The number of halogens is 1. The highest BCUT2D eigenvalue weighted by molar-refractivity contribution is 5.85. The largest absolute Gasteiger partial charge is 0.370 e. The Kier molecular flexibility index (Phi) is 4.22. The first-order valence-electron chi connectivity index (χ1n) is 3.52. The zero-order valence-electron chi connectivity index (χ0n) is 6.63. The summed E-state index contributed by atoms with van der Waals surface area (Å²) >= 11 is 0. The minimum Gasteiger partial charge on any atom is -0.370 e. The van der Waals surface area contributed by atoms with Crippen molar-refractivity contribution in [3.63, 3.8) is 0 Å². The van der Waals surface area contributed by atoms with E-state index in [0.717, 1.165) is 19.6 Å². The van der Waals surface area contributed by atoms with E-state index in [1.54, 1.807) is 0 Å². The van der Waals surface area contributed by atoms with Crippen LogP contribution in [0.2, 0.25) is 0 Å². The van der Waals surface area contributed by atoms with E-state index >= 15 is 0 Å². The molecule has 1 atom stereocenters. The van der Waals surface area contributed by atoms with Crippen LogP contribution >= 0.6 is 12.4 Å². The van der Waals surface area contributed by atoms with Crippen LogP contribution in [-0.4, -0.2) is 36.5 Å². The molecule has 0 bridgehead atoms. The average molecular weight is 179 g/mol. The fourth-order valence-corrected chi connectivity index (χ4v) is 1.15. The second-order valence-corrected chi connectivity index (χ2v) is 2.69. The first-order chi connectivity index (χ1) is 4.70. The minimum absolute atomic E-state index is 0. The summed E-state index contributed by atoms with van der Waals surface area (Å²) in [4.78, 5) is 1.88. The van der Waals surface area contributed by atoms with Gasteiger partial charge < -0.3 is 16.0 Å². The SMILES string of the molecule is CC1CN(C(=N)N)CCN1.Cl. The molecule has 0 aromatic carbocycles. The van der Waals surface area contributed by atoms with Crippen molar-refractivity contribution < 1.29 is 0 Å². The molecule has 66 valence electrons. The molecule has 0 spiro atoms. The van der Waals surface area contributed by atoms with E-state index in [1.165, 1.54) is 0 Å². The van der Waals surface area contributed by atoms with E-state index in [0.29, 0.717) is 6.04 Å². The maximum absolute atomic E-state index is 7.15. The van der Waals surface area contributed by atoms with Crippen LogP contribution < -0.4 is 11.1 Å². The predicted octanol–water partition coefficient (Wildman–Crippen LogP) is -0.405. The van der Waals surface area contributed by atoms with Crippen LogP contribution in [0.25, 0.3) is 0 Å². The van der Waals surface area contributed by atoms with E-state index in [4.69, 9.17) is 11.1 Å². The Labute approximate surface area is 73.0 Å². The lowest BCUT2D eigenvalue weighted by atomic mass is 10.2.